The number of benzene rings is 2. The average molecular weight is 468 g/mol. The molecule has 10 heteroatoms. The summed E-state index contributed by atoms with van der Waals surface area (Å²) in [5.74, 6) is -0.722. The Kier molecular flexibility index (Phi) is 6.06. The van der Waals surface area contributed by atoms with E-state index in [1.165, 1.54) is 24.3 Å². The molecule has 0 aliphatic rings. The second-order valence-corrected chi connectivity index (χ2v) is 7.48. The van der Waals surface area contributed by atoms with Gasteiger partial charge in [-0.05, 0) is 43.3 Å². The van der Waals surface area contributed by atoms with Crippen molar-refractivity contribution in [3.05, 3.63) is 71.4 Å². The third-order valence-corrected chi connectivity index (χ3v) is 5.12. The maximum Gasteiger partial charge on any atom is 0.417 e. The molecule has 0 bridgehead atoms. The molecule has 2 N–H and O–H groups in total. The van der Waals surface area contributed by atoms with Gasteiger partial charge >= 0.3 is 6.18 Å². The van der Waals surface area contributed by atoms with Gasteiger partial charge in [-0.2, -0.15) is 13.2 Å². The van der Waals surface area contributed by atoms with Crippen LogP contribution in [-0.2, 0) is 11.0 Å². The Morgan fingerprint density at radius 2 is 1.65 bits per heavy atom. The predicted octanol–water partition coefficient (Wildman–Crippen LogP) is 5.82. The Labute approximate surface area is 192 Å². The lowest BCUT2D eigenvalue weighted by Crippen LogP contribution is -2.14. The zero-order valence-electron chi connectivity index (χ0n) is 18.2. The Hall–Kier alpha value is -4.21. The van der Waals surface area contributed by atoms with Crippen LogP contribution in [0.1, 0.15) is 35.0 Å². The number of amides is 2. The number of nitrogens with zero attached hydrogens (tertiary/aromatic N) is 2. The Balaban J connectivity index is 1.72. The Morgan fingerprint density at radius 1 is 1.00 bits per heavy atom. The van der Waals surface area contributed by atoms with Gasteiger partial charge < -0.3 is 15.2 Å². The van der Waals surface area contributed by atoms with E-state index in [4.69, 9.17) is 4.52 Å². The fraction of sp³-hybridized carbons (Fsp3) is 0.167. The van der Waals surface area contributed by atoms with E-state index in [0.29, 0.717) is 28.9 Å². The van der Waals surface area contributed by atoms with Crippen LogP contribution in [-0.4, -0.2) is 22.0 Å². The summed E-state index contributed by atoms with van der Waals surface area (Å²) in [6.45, 7) is 3.34. The second-order valence-electron chi connectivity index (χ2n) is 7.48. The molecule has 4 aromatic rings. The minimum atomic E-state index is -4.61. The van der Waals surface area contributed by atoms with Crippen LogP contribution in [0.25, 0.3) is 22.4 Å². The first-order chi connectivity index (χ1) is 16.2. The molecule has 2 heterocycles. The highest BCUT2D eigenvalue weighted by Gasteiger charge is 2.34. The molecule has 2 amide bonds. The molecule has 174 valence electrons. The molecular weight excluding hydrogens is 449 g/mol. The van der Waals surface area contributed by atoms with Gasteiger partial charge in [0, 0.05) is 23.4 Å². The zero-order valence-corrected chi connectivity index (χ0v) is 18.2. The SMILES string of the molecule is CCC(=O)Nc1ccc(NC(=O)c2cc(-c3ccccc3C(F)(F)F)nc3onc(C)c23)cc1. The van der Waals surface area contributed by atoms with Crippen LogP contribution >= 0.6 is 0 Å². The largest absolute Gasteiger partial charge is 0.417 e. The number of rotatable bonds is 5. The Bertz CT molecular complexity index is 1380. The summed E-state index contributed by atoms with van der Waals surface area (Å²) in [5.41, 5.74) is 0.257. The third-order valence-electron chi connectivity index (χ3n) is 5.12. The molecule has 2 aromatic heterocycles. The number of nitrogens with one attached hydrogen (secondary N) is 2. The first-order valence-corrected chi connectivity index (χ1v) is 10.3. The molecule has 0 aliphatic carbocycles. The van der Waals surface area contributed by atoms with Gasteiger partial charge in [0.15, 0.2) is 0 Å². The highest BCUT2D eigenvalue weighted by atomic mass is 19.4. The van der Waals surface area contributed by atoms with Gasteiger partial charge in [0.05, 0.1) is 27.9 Å². The minimum absolute atomic E-state index is 0.0465. The lowest BCUT2D eigenvalue weighted by atomic mass is 10.0. The summed E-state index contributed by atoms with van der Waals surface area (Å²) in [6, 6.07) is 12.7. The molecule has 0 spiro atoms. The van der Waals surface area contributed by atoms with E-state index in [1.807, 2.05) is 0 Å². The second kappa shape index (κ2) is 8.97. The number of hydrogen-bond donors (Lipinski definition) is 2. The van der Waals surface area contributed by atoms with E-state index in [0.717, 1.165) is 6.07 Å². The van der Waals surface area contributed by atoms with E-state index in [1.54, 1.807) is 38.1 Å². The van der Waals surface area contributed by atoms with Crippen molar-refractivity contribution in [3.63, 3.8) is 0 Å². The van der Waals surface area contributed by atoms with Gasteiger partial charge in [-0.15, -0.1) is 0 Å². The molecule has 0 atom stereocenters. The fourth-order valence-electron chi connectivity index (χ4n) is 3.45. The number of anilines is 2. The normalized spacial score (nSPS) is 11.4. The number of aromatic nitrogens is 2. The molecule has 0 unspecified atom stereocenters. The first-order valence-electron chi connectivity index (χ1n) is 10.3. The number of aryl methyl sites for hydroxylation is 1. The summed E-state index contributed by atoms with van der Waals surface area (Å²) in [5, 5.41) is 9.54. The summed E-state index contributed by atoms with van der Waals surface area (Å²) in [6.07, 6.45) is -4.28. The highest BCUT2D eigenvalue weighted by Crippen LogP contribution is 2.37. The number of carbonyl (C=O) groups is 2. The van der Waals surface area contributed by atoms with Gasteiger partial charge in [0.1, 0.15) is 0 Å². The van der Waals surface area contributed by atoms with E-state index in [-0.39, 0.29) is 28.4 Å². The summed E-state index contributed by atoms with van der Waals surface area (Å²) < 4.78 is 45.9. The Morgan fingerprint density at radius 3 is 2.29 bits per heavy atom. The fourth-order valence-corrected chi connectivity index (χ4v) is 3.45. The minimum Gasteiger partial charge on any atom is -0.335 e. The van der Waals surface area contributed by atoms with Crippen molar-refractivity contribution in [2.24, 2.45) is 0 Å². The van der Waals surface area contributed by atoms with Crippen LogP contribution < -0.4 is 10.6 Å². The van der Waals surface area contributed by atoms with E-state index >= 15 is 0 Å². The third kappa shape index (κ3) is 4.61. The van der Waals surface area contributed by atoms with Crippen molar-refractivity contribution in [1.29, 1.82) is 0 Å². The van der Waals surface area contributed by atoms with Crippen LogP contribution in [0.5, 0.6) is 0 Å². The monoisotopic (exact) mass is 468 g/mol. The molecule has 4 rings (SSSR count). The average Bonchev–Trinajstić information content (AvgIpc) is 3.19. The topological polar surface area (TPSA) is 97.1 Å². The van der Waals surface area contributed by atoms with Gasteiger partial charge in [-0.3, -0.25) is 9.59 Å². The lowest BCUT2D eigenvalue weighted by molar-refractivity contribution is -0.137. The van der Waals surface area contributed by atoms with Crippen molar-refractivity contribution >= 4 is 34.3 Å². The molecule has 34 heavy (non-hydrogen) atoms. The van der Waals surface area contributed by atoms with Crippen LogP contribution in [0, 0.1) is 6.92 Å². The maximum atomic E-state index is 13.6. The molecule has 7 nitrogen and oxygen atoms in total. The van der Waals surface area contributed by atoms with Gasteiger partial charge in [0.25, 0.3) is 11.6 Å². The van der Waals surface area contributed by atoms with E-state index in [2.05, 4.69) is 20.8 Å². The van der Waals surface area contributed by atoms with Crippen LogP contribution in [0.3, 0.4) is 0 Å². The van der Waals surface area contributed by atoms with Crippen molar-refractivity contribution in [2.45, 2.75) is 26.4 Å². The number of hydrogen-bond acceptors (Lipinski definition) is 5. The summed E-state index contributed by atoms with van der Waals surface area (Å²) in [4.78, 5) is 28.9. The zero-order chi connectivity index (χ0) is 24.5. The van der Waals surface area contributed by atoms with Gasteiger partial charge in [0.2, 0.25) is 5.91 Å². The van der Waals surface area contributed by atoms with Crippen LogP contribution in [0.15, 0.2) is 59.1 Å². The summed E-state index contributed by atoms with van der Waals surface area (Å²) >= 11 is 0. The van der Waals surface area contributed by atoms with Crippen molar-refractivity contribution in [2.75, 3.05) is 10.6 Å². The van der Waals surface area contributed by atoms with E-state index in [9.17, 15) is 22.8 Å². The number of alkyl halides is 3. The number of fused-ring (bicyclic) bond motifs is 1. The van der Waals surface area contributed by atoms with E-state index < -0.39 is 17.6 Å². The number of carbonyl (C=O) groups excluding carboxylic acids is 2. The van der Waals surface area contributed by atoms with Crippen molar-refractivity contribution in [3.8, 4) is 11.3 Å². The summed E-state index contributed by atoms with van der Waals surface area (Å²) in [7, 11) is 0. The van der Waals surface area contributed by atoms with Crippen molar-refractivity contribution < 1.29 is 27.3 Å². The van der Waals surface area contributed by atoms with Crippen molar-refractivity contribution in [1.82, 2.24) is 10.1 Å². The molecule has 0 radical (unpaired) electrons. The molecular formula is C24H19F3N4O3. The smallest absolute Gasteiger partial charge is 0.335 e. The maximum absolute atomic E-state index is 13.6. The quantitative estimate of drug-likeness (QED) is 0.385. The molecule has 0 saturated heterocycles. The number of halogens is 3. The molecule has 2 aromatic carbocycles. The molecule has 0 aliphatic heterocycles. The lowest BCUT2D eigenvalue weighted by Gasteiger charge is -2.13. The van der Waals surface area contributed by atoms with Crippen LogP contribution in [0.2, 0.25) is 0 Å². The predicted molar refractivity (Wildman–Crippen MR) is 120 cm³/mol. The number of pyridine rings is 1. The van der Waals surface area contributed by atoms with Gasteiger partial charge in [-0.1, -0.05) is 30.3 Å². The molecule has 0 saturated carbocycles. The standard InChI is InChI=1S/C24H19F3N4O3/c1-3-20(32)28-14-8-10-15(11-9-14)29-22(33)17-12-19(30-23-21(17)13(2)31-34-23)16-6-4-5-7-18(16)24(25,26)27/h4-12H,3H2,1-2H3,(H,28,32)(H,29,33). The molecule has 0 fully saturated rings. The first kappa shape index (κ1) is 23.0. The van der Waals surface area contributed by atoms with Crippen LogP contribution in [0.4, 0.5) is 24.5 Å². The highest BCUT2D eigenvalue weighted by molar-refractivity contribution is 6.13. The van der Waals surface area contributed by atoms with Gasteiger partial charge in [-0.25, -0.2) is 4.98 Å².